The van der Waals surface area contributed by atoms with Crippen molar-refractivity contribution in [2.45, 2.75) is 19.9 Å². The van der Waals surface area contributed by atoms with Crippen molar-refractivity contribution in [3.63, 3.8) is 0 Å². The van der Waals surface area contributed by atoms with Crippen molar-refractivity contribution in [2.75, 3.05) is 24.7 Å². The summed E-state index contributed by atoms with van der Waals surface area (Å²) in [5.74, 6) is 0. The molecule has 2 N–H and O–H groups in total. The van der Waals surface area contributed by atoms with Crippen molar-refractivity contribution in [1.29, 1.82) is 0 Å². The Kier molecular flexibility index (Phi) is 3.64. The maximum absolute atomic E-state index is 5.81. The third-order valence-electron chi connectivity index (χ3n) is 3.16. The second kappa shape index (κ2) is 5.02. The van der Waals surface area contributed by atoms with E-state index in [0.29, 0.717) is 11.0 Å². The Morgan fingerprint density at radius 3 is 2.94 bits per heavy atom. The zero-order chi connectivity index (χ0) is 12.4. The predicted molar refractivity (Wildman–Crippen MR) is 74.7 cm³/mol. The molecule has 17 heavy (non-hydrogen) atoms. The van der Waals surface area contributed by atoms with Gasteiger partial charge in [0.05, 0.1) is 18.9 Å². The number of aryl methyl sites for hydroxylation is 1. The molecule has 3 nitrogen and oxygen atoms in total. The van der Waals surface area contributed by atoms with Crippen LogP contribution < -0.4 is 10.6 Å². The number of ether oxygens (including phenoxy) is 1. The van der Waals surface area contributed by atoms with Crippen LogP contribution >= 0.6 is 12.2 Å². The van der Waals surface area contributed by atoms with Crippen LogP contribution in [0.5, 0.6) is 0 Å². The molecular weight excluding hydrogens is 232 g/mol. The van der Waals surface area contributed by atoms with Crippen LogP contribution in [0, 0.1) is 6.92 Å². The number of benzene rings is 1. The second-order valence-corrected chi connectivity index (χ2v) is 4.89. The average Bonchev–Trinajstić information content (AvgIpc) is 2.30. The lowest BCUT2D eigenvalue weighted by Gasteiger charge is -2.37. The molecule has 0 saturated carbocycles. The van der Waals surface area contributed by atoms with E-state index in [4.69, 9.17) is 22.7 Å². The number of para-hydroxylation sites is 1. The normalized spacial score (nSPS) is 20.4. The molecule has 1 aliphatic heterocycles. The van der Waals surface area contributed by atoms with Crippen molar-refractivity contribution in [1.82, 2.24) is 0 Å². The van der Waals surface area contributed by atoms with Crippen LogP contribution in [0.4, 0.5) is 5.69 Å². The number of hydrogen-bond acceptors (Lipinski definition) is 3. The highest BCUT2D eigenvalue weighted by Gasteiger charge is 2.23. The van der Waals surface area contributed by atoms with Crippen LogP contribution in [0.15, 0.2) is 18.2 Å². The van der Waals surface area contributed by atoms with Gasteiger partial charge in [-0.1, -0.05) is 24.4 Å². The molecule has 1 fully saturated rings. The summed E-state index contributed by atoms with van der Waals surface area (Å²) < 4.78 is 5.47. The molecule has 1 aromatic rings. The van der Waals surface area contributed by atoms with Crippen molar-refractivity contribution in [2.24, 2.45) is 5.73 Å². The molecule has 1 aliphatic rings. The number of anilines is 1. The number of thiocarbonyl (C=S) groups is 1. The lowest BCUT2D eigenvalue weighted by molar-refractivity contribution is 0.0989. The van der Waals surface area contributed by atoms with Crippen LogP contribution in [0.2, 0.25) is 0 Å². The zero-order valence-electron chi connectivity index (χ0n) is 10.3. The van der Waals surface area contributed by atoms with Crippen LogP contribution in [-0.4, -0.2) is 30.8 Å². The molecule has 0 amide bonds. The first-order valence-electron chi connectivity index (χ1n) is 5.85. The number of rotatable bonds is 2. The minimum atomic E-state index is 0.359. The van der Waals surface area contributed by atoms with E-state index in [1.807, 2.05) is 12.1 Å². The molecule has 0 spiro atoms. The summed E-state index contributed by atoms with van der Waals surface area (Å²) in [7, 11) is 0. The summed E-state index contributed by atoms with van der Waals surface area (Å²) in [5, 5.41) is 0. The minimum Gasteiger partial charge on any atom is -0.389 e. The Hall–Kier alpha value is -1.13. The smallest absolute Gasteiger partial charge is 0.106 e. The summed E-state index contributed by atoms with van der Waals surface area (Å²) in [6.07, 6.45) is 0. The zero-order valence-corrected chi connectivity index (χ0v) is 11.1. The topological polar surface area (TPSA) is 38.5 Å². The first-order valence-corrected chi connectivity index (χ1v) is 6.26. The van der Waals surface area contributed by atoms with Gasteiger partial charge in [-0.15, -0.1) is 0 Å². The van der Waals surface area contributed by atoms with Gasteiger partial charge in [0, 0.05) is 18.2 Å². The van der Waals surface area contributed by atoms with Crippen molar-refractivity contribution < 1.29 is 4.74 Å². The first-order chi connectivity index (χ1) is 8.11. The first kappa shape index (κ1) is 12.3. The largest absolute Gasteiger partial charge is 0.389 e. The molecule has 0 radical (unpaired) electrons. The maximum Gasteiger partial charge on any atom is 0.106 e. The minimum absolute atomic E-state index is 0.359. The van der Waals surface area contributed by atoms with E-state index in [1.165, 1.54) is 5.56 Å². The Bertz CT molecular complexity index is 433. The van der Waals surface area contributed by atoms with Crippen LogP contribution in [0.1, 0.15) is 18.1 Å². The molecule has 1 saturated heterocycles. The molecular formula is C13H18N2OS. The molecule has 1 heterocycles. The molecule has 0 bridgehead atoms. The van der Waals surface area contributed by atoms with Crippen LogP contribution in [0.3, 0.4) is 0 Å². The summed E-state index contributed by atoms with van der Waals surface area (Å²) in [6.45, 7) is 6.66. The highest BCUT2D eigenvalue weighted by Crippen LogP contribution is 2.28. The Balaban J connectivity index is 2.45. The summed E-state index contributed by atoms with van der Waals surface area (Å²) in [5.41, 5.74) is 9.15. The highest BCUT2D eigenvalue weighted by atomic mass is 32.1. The Labute approximate surface area is 108 Å². The fraction of sp³-hybridized carbons (Fsp3) is 0.462. The van der Waals surface area contributed by atoms with Crippen LogP contribution in [-0.2, 0) is 4.74 Å². The maximum atomic E-state index is 5.81. The van der Waals surface area contributed by atoms with E-state index < -0.39 is 0 Å². The van der Waals surface area contributed by atoms with Gasteiger partial charge in [0.1, 0.15) is 4.99 Å². The van der Waals surface area contributed by atoms with Gasteiger partial charge >= 0.3 is 0 Å². The van der Waals surface area contributed by atoms with Crippen LogP contribution in [0.25, 0.3) is 0 Å². The lowest BCUT2D eigenvalue weighted by atomic mass is 10.0. The van der Waals surface area contributed by atoms with E-state index in [-0.39, 0.29) is 0 Å². The van der Waals surface area contributed by atoms with Crippen molar-refractivity contribution >= 4 is 22.9 Å². The van der Waals surface area contributed by atoms with Gasteiger partial charge in [-0.3, -0.25) is 0 Å². The van der Waals surface area contributed by atoms with Crippen molar-refractivity contribution in [3.05, 3.63) is 29.3 Å². The molecule has 0 aliphatic carbocycles. The summed E-state index contributed by atoms with van der Waals surface area (Å²) in [6, 6.07) is 6.45. The number of hydrogen-bond donors (Lipinski definition) is 1. The molecule has 1 atom stereocenters. The third kappa shape index (κ3) is 2.42. The SMILES string of the molecule is Cc1cccc(C(N)=S)c1N1CCOCC1C. The number of morpholine rings is 1. The van der Waals surface area contributed by atoms with Gasteiger partial charge < -0.3 is 15.4 Å². The second-order valence-electron chi connectivity index (χ2n) is 4.45. The standard InChI is InChI=1S/C13H18N2OS/c1-9-4-3-5-11(13(14)17)12(9)15-6-7-16-8-10(15)2/h3-5,10H,6-8H2,1-2H3,(H2,14,17). The molecule has 92 valence electrons. The molecule has 4 heteroatoms. The highest BCUT2D eigenvalue weighted by molar-refractivity contribution is 7.80. The third-order valence-corrected chi connectivity index (χ3v) is 3.38. The monoisotopic (exact) mass is 250 g/mol. The van der Waals surface area contributed by atoms with E-state index >= 15 is 0 Å². The van der Waals surface area contributed by atoms with Gasteiger partial charge in [0.2, 0.25) is 0 Å². The molecule has 1 aromatic carbocycles. The van der Waals surface area contributed by atoms with Gasteiger partial charge in [-0.25, -0.2) is 0 Å². The number of nitrogens with two attached hydrogens (primary N) is 1. The molecule has 2 rings (SSSR count). The molecule has 1 unspecified atom stereocenters. The van der Waals surface area contributed by atoms with E-state index in [9.17, 15) is 0 Å². The van der Waals surface area contributed by atoms with E-state index in [1.54, 1.807) is 0 Å². The van der Waals surface area contributed by atoms with Gasteiger partial charge in [-0.2, -0.15) is 0 Å². The Morgan fingerprint density at radius 1 is 1.53 bits per heavy atom. The lowest BCUT2D eigenvalue weighted by Crippen LogP contribution is -2.44. The summed E-state index contributed by atoms with van der Waals surface area (Å²) >= 11 is 5.14. The quantitative estimate of drug-likeness (QED) is 0.813. The van der Waals surface area contributed by atoms with Gasteiger partial charge in [0.15, 0.2) is 0 Å². The fourth-order valence-electron chi connectivity index (χ4n) is 2.30. The van der Waals surface area contributed by atoms with Crippen molar-refractivity contribution in [3.8, 4) is 0 Å². The summed E-state index contributed by atoms with van der Waals surface area (Å²) in [4.78, 5) is 2.80. The Morgan fingerprint density at radius 2 is 2.29 bits per heavy atom. The fourth-order valence-corrected chi connectivity index (χ4v) is 2.46. The molecule has 0 aromatic heterocycles. The number of nitrogens with zero attached hydrogens (tertiary/aromatic N) is 1. The van der Waals surface area contributed by atoms with Gasteiger partial charge in [0.25, 0.3) is 0 Å². The average molecular weight is 250 g/mol. The van der Waals surface area contributed by atoms with E-state index in [2.05, 4.69) is 24.8 Å². The van der Waals surface area contributed by atoms with Gasteiger partial charge in [-0.05, 0) is 25.5 Å². The van der Waals surface area contributed by atoms with E-state index in [0.717, 1.165) is 31.0 Å². The predicted octanol–water partition coefficient (Wildman–Crippen LogP) is 1.85.